The van der Waals surface area contributed by atoms with E-state index in [2.05, 4.69) is 15.9 Å². The van der Waals surface area contributed by atoms with Crippen LogP contribution < -0.4 is 0 Å². The molecule has 9 heteroatoms. The van der Waals surface area contributed by atoms with Gasteiger partial charge in [0.25, 0.3) is 0 Å². The maximum atomic E-state index is 12.3. The Kier molecular flexibility index (Phi) is 4.62. The van der Waals surface area contributed by atoms with Crippen LogP contribution in [0.5, 0.6) is 5.75 Å². The van der Waals surface area contributed by atoms with Gasteiger partial charge in [0.05, 0.1) is 5.75 Å². The van der Waals surface area contributed by atoms with E-state index < -0.39 is 27.3 Å². The molecule has 0 saturated carbocycles. The van der Waals surface area contributed by atoms with Gasteiger partial charge in [0.1, 0.15) is 19.9 Å². The number of carbonyl (C=O) groups is 1. The smallest absolute Gasteiger partial charge is 0.339 e. The zero-order valence-corrected chi connectivity index (χ0v) is 14.2. The molecule has 1 aromatic carbocycles. The first-order valence-corrected chi connectivity index (χ1v) is 9.08. The van der Waals surface area contributed by atoms with Crippen molar-refractivity contribution in [2.45, 2.75) is 9.96 Å². The quantitative estimate of drug-likeness (QED) is 0.803. The maximum absolute atomic E-state index is 12.3. The van der Waals surface area contributed by atoms with E-state index in [9.17, 15) is 18.3 Å². The van der Waals surface area contributed by atoms with E-state index in [1.807, 2.05) is 0 Å². The van der Waals surface area contributed by atoms with Crippen LogP contribution in [-0.4, -0.2) is 24.6 Å². The van der Waals surface area contributed by atoms with E-state index >= 15 is 0 Å². The first kappa shape index (κ1) is 16.3. The number of thiophene rings is 1. The predicted octanol–water partition coefficient (Wildman–Crippen LogP) is 3.54. The highest BCUT2D eigenvalue weighted by molar-refractivity contribution is 9.10. The standard InChI is InChI=1S/C12H8BrClO5S2/c13-8-4-9(20-11(8)14)21(18,19)5-6-2-1-3-7(10(6)15)12(16)17/h1-4,15H,5H2,(H,16,17). The van der Waals surface area contributed by atoms with Crippen LogP contribution in [0.1, 0.15) is 15.9 Å². The summed E-state index contributed by atoms with van der Waals surface area (Å²) in [7, 11) is -3.73. The SMILES string of the molecule is O=C(O)c1cccc(CS(=O)(=O)c2cc(Br)c(Cl)s2)c1O. The topological polar surface area (TPSA) is 91.7 Å². The summed E-state index contributed by atoms with van der Waals surface area (Å²) in [6, 6.07) is 5.32. The minimum absolute atomic E-state index is 0.0237. The third-order valence-corrected chi connectivity index (χ3v) is 7.33. The number of hydrogen-bond acceptors (Lipinski definition) is 5. The van der Waals surface area contributed by atoms with Crippen molar-refractivity contribution >= 4 is 54.7 Å². The Balaban J connectivity index is 2.42. The molecule has 0 radical (unpaired) electrons. The number of hydrogen-bond donors (Lipinski definition) is 2. The van der Waals surface area contributed by atoms with Crippen molar-refractivity contribution in [1.29, 1.82) is 0 Å². The molecule has 112 valence electrons. The van der Waals surface area contributed by atoms with Crippen LogP contribution in [0.2, 0.25) is 4.34 Å². The maximum Gasteiger partial charge on any atom is 0.339 e. The van der Waals surface area contributed by atoms with Crippen molar-refractivity contribution in [3.63, 3.8) is 0 Å². The summed E-state index contributed by atoms with van der Waals surface area (Å²) >= 11 is 9.83. The first-order chi connectivity index (χ1) is 9.72. The average Bonchev–Trinajstić information content (AvgIpc) is 2.72. The molecule has 0 amide bonds. The molecule has 5 nitrogen and oxygen atoms in total. The van der Waals surface area contributed by atoms with Crippen LogP contribution in [0.3, 0.4) is 0 Å². The normalized spacial score (nSPS) is 11.5. The van der Waals surface area contributed by atoms with Gasteiger partial charge in [-0.05, 0) is 28.1 Å². The number of phenols is 1. The van der Waals surface area contributed by atoms with Crippen LogP contribution >= 0.6 is 38.9 Å². The molecule has 0 atom stereocenters. The fourth-order valence-electron chi connectivity index (χ4n) is 1.64. The minimum Gasteiger partial charge on any atom is -0.507 e. The van der Waals surface area contributed by atoms with Gasteiger partial charge < -0.3 is 10.2 Å². The summed E-state index contributed by atoms with van der Waals surface area (Å²) in [5, 5.41) is 18.8. The largest absolute Gasteiger partial charge is 0.507 e. The second-order valence-corrected chi connectivity index (χ2v) is 8.79. The molecule has 2 N–H and O–H groups in total. The van der Waals surface area contributed by atoms with E-state index in [1.165, 1.54) is 24.3 Å². The molecule has 0 fully saturated rings. The first-order valence-electron chi connectivity index (χ1n) is 5.44. The Morgan fingerprint density at radius 1 is 1.38 bits per heavy atom. The Hall–Kier alpha value is -1.09. The summed E-state index contributed by atoms with van der Waals surface area (Å²) in [5.74, 6) is -2.38. The molecule has 0 bridgehead atoms. The van der Waals surface area contributed by atoms with Crippen molar-refractivity contribution in [3.8, 4) is 5.75 Å². The molecule has 0 saturated heterocycles. The number of benzene rings is 1. The molecule has 0 aliphatic heterocycles. The van der Waals surface area contributed by atoms with E-state index in [-0.39, 0.29) is 15.3 Å². The van der Waals surface area contributed by atoms with Crippen molar-refractivity contribution in [2.24, 2.45) is 0 Å². The zero-order chi connectivity index (χ0) is 15.8. The molecule has 2 rings (SSSR count). The van der Waals surface area contributed by atoms with Crippen molar-refractivity contribution in [3.05, 3.63) is 44.2 Å². The lowest BCUT2D eigenvalue weighted by Gasteiger charge is -2.07. The number of para-hydroxylation sites is 1. The molecule has 2 aromatic rings. The number of halogens is 2. The van der Waals surface area contributed by atoms with Crippen LogP contribution in [-0.2, 0) is 15.6 Å². The van der Waals surface area contributed by atoms with Gasteiger partial charge in [-0.15, -0.1) is 11.3 Å². The zero-order valence-electron chi connectivity index (χ0n) is 10.2. The summed E-state index contributed by atoms with van der Waals surface area (Å²) in [6.45, 7) is 0. The van der Waals surface area contributed by atoms with Gasteiger partial charge in [0.2, 0.25) is 0 Å². The Morgan fingerprint density at radius 3 is 2.57 bits per heavy atom. The highest BCUT2D eigenvalue weighted by atomic mass is 79.9. The Labute approximate surface area is 137 Å². The van der Waals surface area contributed by atoms with E-state index in [4.69, 9.17) is 16.7 Å². The molecule has 0 unspecified atom stereocenters. The fourth-order valence-corrected chi connectivity index (χ4v) is 5.38. The molecule has 1 aromatic heterocycles. The lowest BCUT2D eigenvalue weighted by molar-refractivity contribution is 0.0693. The average molecular weight is 412 g/mol. The van der Waals surface area contributed by atoms with Crippen LogP contribution in [0.15, 0.2) is 32.9 Å². The van der Waals surface area contributed by atoms with E-state index in [0.717, 1.165) is 11.3 Å². The lowest BCUT2D eigenvalue weighted by atomic mass is 10.1. The van der Waals surface area contributed by atoms with Gasteiger partial charge in [0.15, 0.2) is 9.84 Å². The highest BCUT2D eigenvalue weighted by Gasteiger charge is 2.23. The second-order valence-electron chi connectivity index (χ2n) is 4.06. The van der Waals surface area contributed by atoms with Gasteiger partial charge in [0, 0.05) is 10.0 Å². The number of sulfone groups is 1. The van der Waals surface area contributed by atoms with Gasteiger partial charge in [-0.1, -0.05) is 23.7 Å². The van der Waals surface area contributed by atoms with Crippen molar-refractivity contribution in [2.75, 3.05) is 0 Å². The van der Waals surface area contributed by atoms with Crippen LogP contribution in [0.4, 0.5) is 0 Å². The molecule has 21 heavy (non-hydrogen) atoms. The van der Waals surface area contributed by atoms with Crippen molar-refractivity contribution < 1.29 is 23.4 Å². The van der Waals surface area contributed by atoms with Gasteiger partial charge in [-0.2, -0.15) is 0 Å². The van der Waals surface area contributed by atoms with E-state index in [1.54, 1.807) is 0 Å². The lowest BCUT2D eigenvalue weighted by Crippen LogP contribution is -2.05. The summed E-state index contributed by atoms with van der Waals surface area (Å²) in [5.41, 5.74) is -0.316. The van der Waals surface area contributed by atoms with Crippen LogP contribution in [0, 0.1) is 0 Å². The minimum atomic E-state index is -3.73. The number of aromatic hydroxyl groups is 1. The highest BCUT2D eigenvalue weighted by Crippen LogP contribution is 2.36. The van der Waals surface area contributed by atoms with Crippen LogP contribution in [0.25, 0.3) is 0 Å². The third-order valence-electron chi connectivity index (χ3n) is 2.62. The molecule has 1 heterocycles. The Bertz CT molecular complexity index is 794. The van der Waals surface area contributed by atoms with Crippen molar-refractivity contribution in [1.82, 2.24) is 0 Å². The molecule has 0 spiro atoms. The Morgan fingerprint density at radius 2 is 2.05 bits per heavy atom. The number of carboxylic acid groups (broad SMARTS) is 1. The van der Waals surface area contributed by atoms with Gasteiger partial charge in [-0.3, -0.25) is 0 Å². The molecule has 0 aliphatic carbocycles. The monoisotopic (exact) mass is 410 g/mol. The van der Waals surface area contributed by atoms with Gasteiger partial charge in [-0.25, -0.2) is 13.2 Å². The number of carboxylic acids is 1. The second kappa shape index (κ2) is 5.96. The molecular weight excluding hydrogens is 404 g/mol. The number of aromatic carboxylic acids is 1. The summed E-state index contributed by atoms with van der Waals surface area (Å²) in [6.07, 6.45) is 0. The predicted molar refractivity (Wildman–Crippen MR) is 83.0 cm³/mol. The summed E-state index contributed by atoms with van der Waals surface area (Å²) < 4.78 is 25.4. The van der Waals surface area contributed by atoms with Gasteiger partial charge >= 0.3 is 5.97 Å². The molecular formula is C12H8BrClO5S2. The third kappa shape index (κ3) is 3.39. The van der Waals surface area contributed by atoms with E-state index in [0.29, 0.717) is 8.81 Å². The fraction of sp³-hybridized carbons (Fsp3) is 0.0833. The number of rotatable bonds is 4. The summed E-state index contributed by atoms with van der Waals surface area (Å²) in [4.78, 5) is 10.9. The molecule has 0 aliphatic rings.